The van der Waals surface area contributed by atoms with Crippen LogP contribution in [0.4, 0.5) is 0 Å². The van der Waals surface area contributed by atoms with Crippen molar-refractivity contribution in [2.24, 2.45) is 0 Å². The molecule has 1 nitrogen and oxygen atoms in total. The molecule has 0 aromatic heterocycles. The maximum absolute atomic E-state index is 6.15. The van der Waals surface area contributed by atoms with E-state index in [-0.39, 0.29) is 0 Å². The second kappa shape index (κ2) is 4.52. The zero-order chi connectivity index (χ0) is 9.97. The molecule has 1 N–H and O–H groups in total. The predicted molar refractivity (Wildman–Crippen MR) is 61.1 cm³/mol. The van der Waals surface area contributed by atoms with Crippen LogP contribution in [-0.2, 0) is 0 Å². The summed E-state index contributed by atoms with van der Waals surface area (Å²) in [5, 5.41) is 4.81. The van der Waals surface area contributed by atoms with Crippen LogP contribution in [0.1, 0.15) is 30.9 Å². The first kappa shape index (κ1) is 10.3. The Labute approximate surface area is 94.4 Å². The molecule has 1 aromatic rings. The topological polar surface area (TPSA) is 12.0 Å². The van der Waals surface area contributed by atoms with Crippen molar-refractivity contribution in [2.75, 3.05) is 6.54 Å². The fourth-order valence-electron chi connectivity index (χ4n) is 1.91. The summed E-state index contributed by atoms with van der Waals surface area (Å²) in [6.07, 6.45) is 3.68. The number of hydrogen-bond donors (Lipinski definition) is 1. The summed E-state index contributed by atoms with van der Waals surface area (Å²) >= 11 is 12.1. The number of nitrogens with one attached hydrogen (secondary N) is 1. The van der Waals surface area contributed by atoms with Gasteiger partial charge in [0.05, 0.1) is 10.0 Å². The number of benzene rings is 1. The molecule has 76 valence electrons. The van der Waals surface area contributed by atoms with Gasteiger partial charge in [0.15, 0.2) is 0 Å². The minimum atomic E-state index is 0.384. The lowest BCUT2D eigenvalue weighted by molar-refractivity contribution is 0.412. The average Bonchev–Trinajstić information content (AvgIpc) is 2.23. The van der Waals surface area contributed by atoms with Crippen LogP contribution >= 0.6 is 23.2 Å². The maximum Gasteiger partial charge on any atom is 0.0640 e. The highest BCUT2D eigenvalue weighted by atomic mass is 35.5. The first-order chi connectivity index (χ1) is 6.79. The lowest BCUT2D eigenvalue weighted by atomic mass is 9.97. The Balaban J connectivity index is 2.26. The van der Waals surface area contributed by atoms with Crippen molar-refractivity contribution in [3.05, 3.63) is 33.8 Å². The van der Waals surface area contributed by atoms with Gasteiger partial charge in [0, 0.05) is 6.04 Å². The first-order valence-corrected chi connectivity index (χ1v) is 5.72. The molecule has 14 heavy (non-hydrogen) atoms. The molecule has 0 bridgehead atoms. The van der Waals surface area contributed by atoms with Crippen LogP contribution in [0.15, 0.2) is 18.2 Å². The Bertz CT molecular complexity index is 319. The molecular weight excluding hydrogens is 217 g/mol. The fourth-order valence-corrected chi connectivity index (χ4v) is 2.35. The standard InChI is InChI=1S/C11H13Cl2N/c12-9-5-3-4-8(11(9)13)10-6-1-2-7-14-10/h3-5,10,14H,1-2,6-7H2/t10-/m0/s1. The monoisotopic (exact) mass is 229 g/mol. The summed E-state index contributed by atoms with van der Waals surface area (Å²) in [6.45, 7) is 1.08. The molecular formula is C11H13Cl2N. The molecule has 0 unspecified atom stereocenters. The summed E-state index contributed by atoms with van der Waals surface area (Å²) in [5.74, 6) is 0. The van der Waals surface area contributed by atoms with Crippen LogP contribution in [0.3, 0.4) is 0 Å². The number of hydrogen-bond acceptors (Lipinski definition) is 1. The quantitative estimate of drug-likeness (QED) is 0.773. The molecule has 1 fully saturated rings. The van der Waals surface area contributed by atoms with Gasteiger partial charge in [-0.2, -0.15) is 0 Å². The van der Waals surface area contributed by atoms with Crippen LogP contribution in [0.5, 0.6) is 0 Å². The molecule has 0 amide bonds. The van der Waals surface area contributed by atoms with E-state index in [9.17, 15) is 0 Å². The lowest BCUT2D eigenvalue weighted by Crippen LogP contribution is -2.26. The summed E-state index contributed by atoms with van der Waals surface area (Å²) in [4.78, 5) is 0. The third-order valence-electron chi connectivity index (χ3n) is 2.67. The minimum Gasteiger partial charge on any atom is -0.310 e. The van der Waals surface area contributed by atoms with E-state index in [2.05, 4.69) is 11.4 Å². The van der Waals surface area contributed by atoms with Crippen molar-refractivity contribution < 1.29 is 0 Å². The van der Waals surface area contributed by atoms with E-state index >= 15 is 0 Å². The van der Waals surface area contributed by atoms with Gasteiger partial charge >= 0.3 is 0 Å². The third-order valence-corrected chi connectivity index (χ3v) is 3.50. The summed E-state index contributed by atoms with van der Waals surface area (Å²) in [5.41, 5.74) is 1.14. The van der Waals surface area contributed by atoms with Gasteiger partial charge in [-0.15, -0.1) is 0 Å². The largest absolute Gasteiger partial charge is 0.310 e. The van der Waals surface area contributed by atoms with Crippen LogP contribution in [0.2, 0.25) is 10.0 Å². The van der Waals surface area contributed by atoms with E-state index in [4.69, 9.17) is 23.2 Å². The molecule has 0 aliphatic carbocycles. The highest BCUT2D eigenvalue weighted by molar-refractivity contribution is 6.42. The Morgan fingerprint density at radius 1 is 1.21 bits per heavy atom. The van der Waals surface area contributed by atoms with Gasteiger partial charge in [0.2, 0.25) is 0 Å². The van der Waals surface area contributed by atoms with E-state index in [0.29, 0.717) is 16.1 Å². The zero-order valence-electron chi connectivity index (χ0n) is 7.89. The molecule has 0 radical (unpaired) electrons. The molecule has 1 aliphatic heterocycles. The van der Waals surface area contributed by atoms with E-state index in [1.807, 2.05) is 12.1 Å². The Kier molecular flexibility index (Phi) is 3.32. The van der Waals surface area contributed by atoms with Gasteiger partial charge in [-0.3, -0.25) is 0 Å². The molecule has 1 atom stereocenters. The smallest absolute Gasteiger partial charge is 0.0640 e. The number of piperidine rings is 1. The van der Waals surface area contributed by atoms with Crippen molar-refractivity contribution in [1.29, 1.82) is 0 Å². The van der Waals surface area contributed by atoms with Gasteiger partial charge < -0.3 is 5.32 Å². The Morgan fingerprint density at radius 3 is 2.79 bits per heavy atom. The zero-order valence-corrected chi connectivity index (χ0v) is 9.41. The molecule has 2 rings (SSSR count). The fraction of sp³-hybridized carbons (Fsp3) is 0.455. The molecule has 3 heteroatoms. The van der Waals surface area contributed by atoms with Gasteiger partial charge in [-0.25, -0.2) is 0 Å². The van der Waals surface area contributed by atoms with Crippen LogP contribution in [0, 0.1) is 0 Å². The van der Waals surface area contributed by atoms with Crippen LogP contribution in [0.25, 0.3) is 0 Å². The Morgan fingerprint density at radius 2 is 2.07 bits per heavy atom. The van der Waals surface area contributed by atoms with Gasteiger partial charge in [-0.05, 0) is 31.0 Å². The van der Waals surface area contributed by atoms with Gasteiger partial charge in [0.25, 0.3) is 0 Å². The van der Waals surface area contributed by atoms with Crippen molar-refractivity contribution in [3.8, 4) is 0 Å². The highest BCUT2D eigenvalue weighted by Crippen LogP contribution is 2.33. The Hall–Kier alpha value is -0.240. The average molecular weight is 230 g/mol. The van der Waals surface area contributed by atoms with E-state index in [1.165, 1.54) is 12.8 Å². The number of rotatable bonds is 1. The molecule has 0 spiro atoms. The first-order valence-electron chi connectivity index (χ1n) is 4.96. The van der Waals surface area contributed by atoms with E-state index in [1.54, 1.807) is 0 Å². The van der Waals surface area contributed by atoms with Crippen LogP contribution in [-0.4, -0.2) is 6.54 Å². The van der Waals surface area contributed by atoms with Crippen molar-refractivity contribution >= 4 is 23.2 Å². The second-order valence-electron chi connectivity index (χ2n) is 3.65. The molecule has 1 saturated heterocycles. The van der Waals surface area contributed by atoms with Crippen molar-refractivity contribution in [1.82, 2.24) is 5.32 Å². The lowest BCUT2D eigenvalue weighted by Gasteiger charge is -2.24. The summed E-state index contributed by atoms with van der Waals surface area (Å²) in [7, 11) is 0. The molecule has 1 aliphatic rings. The van der Waals surface area contributed by atoms with Crippen molar-refractivity contribution in [3.63, 3.8) is 0 Å². The highest BCUT2D eigenvalue weighted by Gasteiger charge is 2.17. The summed E-state index contributed by atoms with van der Waals surface area (Å²) in [6, 6.07) is 6.22. The van der Waals surface area contributed by atoms with Gasteiger partial charge in [0.1, 0.15) is 0 Å². The van der Waals surface area contributed by atoms with Crippen molar-refractivity contribution in [2.45, 2.75) is 25.3 Å². The minimum absolute atomic E-state index is 0.384. The molecule has 1 heterocycles. The number of halogens is 2. The van der Waals surface area contributed by atoms with Gasteiger partial charge in [-0.1, -0.05) is 41.8 Å². The van der Waals surface area contributed by atoms with Crippen LogP contribution < -0.4 is 5.32 Å². The predicted octanol–water partition coefficient (Wildman–Crippen LogP) is 3.81. The third kappa shape index (κ3) is 2.05. The maximum atomic E-state index is 6.15. The molecule has 0 saturated carbocycles. The normalized spacial score (nSPS) is 22.3. The second-order valence-corrected chi connectivity index (χ2v) is 4.43. The van der Waals surface area contributed by atoms with E-state index < -0.39 is 0 Å². The summed E-state index contributed by atoms with van der Waals surface area (Å²) < 4.78 is 0. The SMILES string of the molecule is Clc1cccc([C@@H]2CCCCN2)c1Cl. The van der Waals surface area contributed by atoms with E-state index in [0.717, 1.165) is 18.5 Å². The molecule has 1 aromatic carbocycles.